The molecule has 0 fully saturated rings. The van der Waals surface area contributed by atoms with Gasteiger partial charge in [0.25, 0.3) is 0 Å². The van der Waals surface area contributed by atoms with Crippen LogP contribution in [0.25, 0.3) is 89.1 Å². The molecule has 0 saturated carbocycles. The Balaban J connectivity index is 0.952. The van der Waals surface area contributed by atoms with Gasteiger partial charge < -0.3 is 0 Å². The van der Waals surface area contributed by atoms with Crippen LogP contribution in [0.15, 0.2) is 234 Å². The van der Waals surface area contributed by atoms with E-state index in [1.807, 2.05) is 36.0 Å². The maximum Gasteiger partial charge on any atom is 0.160 e. The molecule has 0 atom stereocenters. The molecule has 3 heterocycles. The highest BCUT2D eigenvalue weighted by molar-refractivity contribution is 7.99. The van der Waals surface area contributed by atoms with Crippen LogP contribution in [0.5, 0.6) is 0 Å². The van der Waals surface area contributed by atoms with Gasteiger partial charge in [0.15, 0.2) is 5.82 Å². The molecule has 0 bridgehead atoms. The summed E-state index contributed by atoms with van der Waals surface area (Å²) in [5.74, 6) is 0.707. The zero-order chi connectivity index (χ0) is 42.2. The van der Waals surface area contributed by atoms with Gasteiger partial charge in [-0.25, -0.2) is 15.0 Å². The summed E-state index contributed by atoms with van der Waals surface area (Å²) in [4.78, 5) is 18.2. The van der Waals surface area contributed by atoms with E-state index < -0.39 is 5.41 Å². The lowest BCUT2D eigenvalue weighted by atomic mass is 9.67. The van der Waals surface area contributed by atoms with Crippen LogP contribution in [0.2, 0.25) is 0 Å². The van der Waals surface area contributed by atoms with Crippen molar-refractivity contribution in [2.45, 2.75) is 15.2 Å². The Hall–Kier alpha value is -7.92. The van der Waals surface area contributed by atoms with E-state index in [1.165, 1.54) is 48.6 Å². The van der Waals surface area contributed by atoms with Crippen LogP contribution in [-0.2, 0) is 5.41 Å². The largest absolute Gasteiger partial charge is 0.247 e. The highest BCUT2D eigenvalue weighted by atomic mass is 32.2. The van der Waals surface area contributed by atoms with Gasteiger partial charge in [-0.15, -0.1) is 0 Å². The van der Waals surface area contributed by atoms with Crippen molar-refractivity contribution in [2.24, 2.45) is 0 Å². The van der Waals surface area contributed by atoms with Crippen molar-refractivity contribution in [3.05, 3.63) is 247 Å². The quantitative estimate of drug-likeness (QED) is 0.162. The van der Waals surface area contributed by atoms with E-state index in [-0.39, 0.29) is 0 Å². The summed E-state index contributed by atoms with van der Waals surface area (Å²) in [6.45, 7) is 0. The smallest absolute Gasteiger partial charge is 0.160 e. The Labute approximate surface area is 375 Å². The molecular weight excluding hydrogens is 795 g/mol. The number of aromatic nitrogens is 3. The molecule has 64 heavy (non-hydrogen) atoms. The van der Waals surface area contributed by atoms with Crippen LogP contribution in [0.4, 0.5) is 0 Å². The number of nitrogens with zero attached hydrogens (tertiary/aromatic N) is 3. The molecule has 13 rings (SSSR count). The second-order valence-corrected chi connectivity index (χ2v) is 17.7. The van der Waals surface area contributed by atoms with Crippen molar-refractivity contribution in [2.75, 3.05) is 0 Å². The normalized spacial score (nSPS) is 13.1. The molecule has 0 saturated heterocycles. The van der Waals surface area contributed by atoms with Crippen LogP contribution >= 0.6 is 11.8 Å². The maximum atomic E-state index is 5.44. The fourth-order valence-corrected chi connectivity index (χ4v) is 11.5. The van der Waals surface area contributed by atoms with Crippen molar-refractivity contribution in [1.82, 2.24) is 15.0 Å². The van der Waals surface area contributed by atoms with Gasteiger partial charge >= 0.3 is 0 Å². The van der Waals surface area contributed by atoms with E-state index in [2.05, 4.69) is 200 Å². The Kier molecular flexibility index (Phi) is 8.37. The first kappa shape index (κ1) is 36.7. The molecule has 0 N–H and O–H groups in total. The third kappa shape index (κ3) is 5.66. The van der Waals surface area contributed by atoms with Crippen LogP contribution in [-0.4, -0.2) is 15.0 Å². The van der Waals surface area contributed by atoms with Crippen molar-refractivity contribution in [1.29, 1.82) is 0 Å². The summed E-state index contributed by atoms with van der Waals surface area (Å²) in [5, 5.41) is 3.52. The molecule has 2 aliphatic rings. The fourth-order valence-electron chi connectivity index (χ4n) is 10.3. The van der Waals surface area contributed by atoms with Gasteiger partial charge in [0.2, 0.25) is 0 Å². The number of fused-ring (bicyclic) bond motifs is 12. The molecule has 1 aliphatic heterocycles. The van der Waals surface area contributed by atoms with Gasteiger partial charge in [0, 0.05) is 42.8 Å². The summed E-state index contributed by atoms with van der Waals surface area (Å²) >= 11 is 1.88. The average Bonchev–Trinajstić information content (AvgIpc) is 3.65. The number of benzene rings is 9. The molecule has 0 radical (unpaired) electrons. The molecule has 1 spiro atoms. The second kappa shape index (κ2) is 14.6. The lowest BCUT2D eigenvalue weighted by Crippen LogP contribution is -2.31. The van der Waals surface area contributed by atoms with Crippen LogP contribution < -0.4 is 0 Å². The topological polar surface area (TPSA) is 38.7 Å². The predicted octanol–water partition coefficient (Wildman–Crippen LogP) is 15.3. The predicted molar refractivity (Wildman–Crippen MR) is 263 cm³/mol. The molecule has 11 aromatic rings. The van der Waals surface area contributed by atoms with Gasteiger partial charge in [-0.3, -0.25) is 0 Å². The summed E-state index contributed by atoms with van der Waals surface area (Å²) in [7, 11) is 0. The summed E-state index contributed by atoms with van der Waals surface area (Å²) in [6, 6.07) is 80.9. The van der Waals surface area contributed by atoms with Crippen molar-refractivity contribution >= 4 is 33.4 Å². The minimum absolute atomic E-state index is 0.447. The first-order chi connectivity index (χ1) is 31.7. The fraction of sp³-hybridized carbons (Fsp3) is 0.0167. The monoisotopic (exact) mass is 831 g/mol. The van der Waals surface area contributed by atoms with Crippen LogP contribution in [0, 0.1) is 0 Å². The number of hydrogen-bond acceptors (Lipinski definition) is 4. The number of para-hydroxylation sites is 1. The lowest BCUT2D eigenvalue weighted by molar-refractivity contribution is 0.723. The zero-order valence-corrected chi connectivity index (χ0v) is 35.4. The van der Waals surface area contributed by atoms with E-state index in [0.717, 1.165) is 66.8 Å². The van der Waals surface area contributed by atoms with Gasteiger partial charge in [-0.2, -0.15) is 0 Å². The molecular formula is C60H37N3S. The number of pyridine rings is 1. The van der Waals surface area contributed by atoms with Crippen LogP contribution in [0.3, 0.4) is 0 Å². The molecule has 3 nitrogen and oxygen atoms in total. The Bertz CT molecular complexity index is 3530. The highest BCUT2D eigenvalue weighted by Crippen LogP contribution is 2.63. The first-order valence-electron chi connectivity index (χ1n) is 21.8. The summed E-state index contributed by atoms with van der Waals surface area (Å²) in [6.07, 6.45) is 0. The SMILES string of the molecule is c1ccc(-c2cc(-c3cccc(-c4ccc(-c5nc6ccccc6c6cc7c(cc56)-c5ccccc5C75c6ccccc6Sc6ccccc65)cc4)c3)nc(-c3ccccc3)n2)cc1. The molecule has 9 aromatic carbocycles. The summed E-state index contributed by atoms with van der Waals surface area (Å²) < 4.78 is 0. The van der Waals surface area contributed by atoms with E-state index in [4.69, 9.17) is 15.0 Å². The van der Waals surface area contributed by atoms with E-state index in [9.17, 15) is 0 Å². The molecule has 4 heteroatoms. The third-order valence-electron chi connectivity index (χ3n) is 13.1. The molecule has 2 aromatic heterocycles. The molecule has 298 valence electrons. The van der Waals surface area contributed by atoms with Crippen molar-refractivity contribution < 1.29 is 0 Å². The van der Waals surface area contributed by atoms with E-state index in [0.29, 0.717) is 5.82 Å². The van der Waals surface area contributed by atoms with Gasteiger partial charge in [-0.1, -0.05) is 194 Å². The van der Waals surface area contributed by atoms with Crippen molar-refractivity contribution in [3.63, 3.8) is 0 Å². The third-order valence-corrected chi connectivity index (χ3v) is 14.3. The molecule has 0 unspecified atom stereocenters. The number of rotatable bonds is 5. The minimum Gasteiger partial charge on any atom is -0.247 e. The van der Waals surface area contributed by atoms with Gasteiger partial charge in [0.05, 0.1) is 28.0 Å². The zero-order valence-electron chi connectivity index (χ0n) is 34.6. The summed E-state index contributed by atoms with van der Waals surface area (Å²) in [5.41, 5.74) is 17.6. The Morgan fingerprint density at radius 1 is 0.312 bits per heavy atom. The maximum absolute atomic E-state index is 5.44. The average molecular weight is 832 g/mol. The Morgan fingerprint density at radius 2 is 0.891 bits per heavy atom. The number of hydrogen-bond donors (Lipinski definition) is 0. The lowest BCUT2D eigenvalue weighted by Gasteiger charge is -2.39. The molecule has 0 amide bonds. The van der Waals surface area contributed by atoms with E-state index in [1.54, 1.807) is 0 Å². The first-order valence-corrected chi connectivity index (χ1v) is 22.6. The van der Waals surface area contributed by atoms with Crippen LogP contribution in [0.1, 0.15) is 22.3 Å². The highest BCUT2D eigenvalue weighted by Gasteiger charge is 2.50. The van der Waals surface area contributed by atoms with E-state index >= 15 is 0 Å². The second-order valence-electron chi connectivity index (χ2n) is 16.7. The minimum atomic E-state index is -0.447. The Morgan fingerprint density at radius 3 is 1.64 bits per heavy atom. The molecule has 1 aliphatic carbocycles. The van der Waals surface area contributed by atoms with Crippen molar-refractivity contribution in [3.8, 4) is 67.4 Å². The van der Waals surface area contributed by atoms with Gasteiger partial charge in [-0.05, 0) is 92.4 Å². The van der Waals surface area contributed by atoms with Gasteiger partial charge in [0.1, 0.15) is 0 Å². The standard InChI is InChI=1S/C60H37N3S/c1-3-16-39(17-4-1)54-37-55(63-59(62-54)41-18-5-2-6-19-41)43-21-15-20-42(34-43)38-30-32-40(33-31-38)58-48-35-47-44-22-7-9-24-49(44)60(52(47)36-46(48)45-23-8-12-27-53(45)61-58)50-25-10-13-28-56(50)64-57-29-14-11-26-51(57)60/h1-37H.